The van der Waals surface area contributed by atoms with Gasteiger partial charge in [0.2, 0.25) is 0 Å². The van der Waals surface area contributed by atoms with Gasteiger partial charge in [0, 0.05) is 25.5 Å². The number of amides is 2. The first-order valence-corrected chi connectivity index (χ1v) is 11.4. The fourth-order valence-corrected chi connectivity index (χ4v) is 3.84. The molecule has 2 amide bonds. The average molecular weight is 473 g/mol. The number of anilines is 1. The number of phenolic OH excluding ortho intramolecular Hbond substituents is 1. The zero-order chi connectivity index (χ0) is 25.1. The van der Waals surface area contributed by atoms with E-state index in [1.165, 1.54) is 7.11 Å². The molecule has 1 aromatic carbocycles. The highest BCUT2D eigenvalue weighted by atomic mass is 16.6. The molecule has 0 spiro atoms. The highest BCUT2D eigenvalue weighted by Gasteiger charge is 2.24. The second-order valence-electron chi connectivity index (χ2n) is 8.37. The number of nitrogens with two attached hydrogens (primary N) is 1. The first-order chi connectivity index (χ1) is 16.2. The third kappa shape index (κ3) is 8.35. The number of aryl methyl sites for hydroxylation is 1. The van der Waals surface area contributed by atoms with E-state index in [9.17, 15) is 14.7 Å². The molecule has 1 aliphatic heterocycles. The first-order valence-electron chi connectivity index (χ1n) is 11.4. The summed E-state index contributed by atoms with van der Waals surface area (Å²) in [5.41, 5.74) is 7.97. The lowest BCUT2D eigenvalue weighted by Crippen LogP contribution is -2.34. The predicted octanol–water partition coefficient (Wildman–Crippen LogP) is 4.39. The third-order valence-corrected chi connectivity index (χ3v) is 5.87. The van der Waals surface area contributed by atoms with Crippen molar-refractivity contribution in [1.29, 1.82) is 0 Å². The van der Waals surface area contributed by atoms with Crippen molar-refractivity contribution >= 4 is 17.7 Å². The van der Waals surface area contributed by atoms with Gasteiger partial charge in [-0.15, -0.1) is 0 Å². The highest BCUT2D eigenvalue weighted by Crippen LogP contribution is 2.25. The molecule has 3 atom stereocenters. The van der Waals surface area contributed by atoms with Gasteiger partial charge in [0.15, 0.2) is 6.10 Å². The summed E-state index contributed by atoms with van der Waals surface area (Å²) in [6.07, 6.45) is 8.70. The summed E-state index contributed by atoms with van der Waals surface area (Å²) in [6.45, 7) is 3.56. The molecule has 2 rings (SSSR count). The summed E-state index contributed by atoms with van der Waals surface area (Å²) in [7, 11) is 3.20. The van der Waals surface area contributed by atoms with Gasteiger partial charge in [-0.2, -0.15) is 0 Å². The summed E-state index contributed by atoms with van der Waals surface area (Å²) in [5, 5.41) is 13.1. The summed E-state index contributed by atoms with van der Waals surface area (Å²) >= 11 is 0. The number of nitrogens with one attached hydrogen (secondary N) is 1. The topological polar surface area (TPSA) is 120 Å². The lowest BCUT2D eigenvalue weighted by molar-refractivity contribution is -0.112. The molecule has 34 heavy (non-hydrogen) atoms. The van der Waals surface area contributed by atoms with E-state index < -0.39 is 18.3 Å². The Bertz CT molecular complexity index is 937. The van der Waals surface area contributed by atoms with Gasteiger partial charge >= 0.3 is 6.09 Å². The van der Waals surface area contributed by atoms with Crippen molar-refractivity contribution in [2.75, 3.05) is 19.5 Å². The molecule has 0 aromatic heterocycles. The largest absolute Gasteiger partial charge is 0.508 e. The smallest absolute Gasteiger partial charge is 0.405 e. The van der Waals surface area contributed by atoms with E-state index in [2.05, 4.69) is 5.32 Å². The number of phenols is 1. The molecule has 4 N–H and O–H groups in total. The summed E-state index contributed by atoms with van der Waals surface area (Å²) < 4.78 is 16.5. The van der Waals surface area contributed by atoms with Crippen molar-refractivity contribution < 1.29 is 28.9 Å². The van der Waals surface area contributed by atoms with Gasteiger partial charge in [-0.25, -0.2) is 4.79 Å². The molecule has 0 aliphatic carbocycles. The van der Waals surface area contributed by atoms with Crippen LogP contribution in [0.5, 0.6) is 5.75 Å². The van der Waals surface area contributed by atoms with Gasteiger partial charge in [-0.1, -0.05) is 24.3 Å². The minimum absolute atomic E-state index is 0.0386. The molecule has 0 saturated carbocycles. The number of methoxy groups -OCH3 is 2. The van der Waals surface area contributed by atoms with E-state index in [0.29, 0.717) is 17.7 Å². The zero-order valence-electron chi connectivity index (χ0n) is 20.4. The van der Waals surface area contributed by atoms with Crippen LogP contribution < -0.4 is 11.1 Å². The number of carbonyl (C=O) groups excluding carboxylic acids is 2. The minimum atomic E-state index is -0.891. The van der Waals surface area contributed by atoms with Crippen LogP contribution in [-0.2, 0) is 25.4 Å². The molecular formula is C26H36N2O6. The number of hydrogen-bond donors (Lipinski definition) is 3. The van der Waals surface area contributed by atoms with Gasteiger partial charge in [0.05, 0.1) is 6.10 Å². The lowest BCUT2D eigenvalue weighted by Gasteiger charge is -2.24. The fourth-order valence-electron chi connectivity index (χ4n) is 3.84. The number of rotatable bonds is 3. The van der Waals surface area contributed by atoms with E-state index in [0.717, 1.165) is 36.8 Å². The van der Waals surface area contributed by atoms with Crippen LogP contribution in [0.3, 0.4) is 0 Å². The maximum absolute atomic E-state index is 12.6. The molecule has 8 heteroatoms. The van der Waals surface area contributed by atoms with Gasteiger partial charge in [-0.3, -0.25) is 4.79 Å². The average Bonchev–Trinajstić information content (AvgIpc) is 2.80. The highest BCUT2D eigenvalue weighted by molar-refractivity contribution is 6.03. The van der Waals surface area contributed by atoms with Crippen LogP contribution in [0.2, 0.25) is 0 Å². The summed E-state index contributed by atoms with van der Waals surface area (Å²) in [5.74, 6) is -0.0636. The van der Waals surface area contributed by atoms with Crippen molar-refractivity contribution in [3.05, 3.63) is 59.2 Å². The number of primary amides is 1. The Hall–Kier alpha value is -3.10. The van der Waals surface area contributed by atoms with E-state index in [1.54, 1.807) is 50.5 Å². The molecule has 8 nitrogen and oxygen atoms in total. The van der Waals surface area contributed by atoms with Crippen molar-refractivity contribution in [1.82, 2.24) is 0 Å². The molecular weight excluding hydrogens is 436 g/mol. The molecule has 0 saturated heterocycles. The van der Waals surface area contributed by atoms with Gasteiger partial charge in [0.25, 0.3) is 5.91 Å². The van der Waals surface area contributed by atoms with E-state index in [-0.39, 0.29) is 17.8 Å². The van der Waals surface area contributed by atoms with Crippen LogP contribution in [0.25, 0.3) is 0 Å². The normalized spacial score (nSPS) is 26.9. The van der Waals surface area contributed by atoms with Crippen molar-refractivity contribution in [2.24, 2.45) is 5.73 Å². The molecule has 2 bridgehead atoms. The predicted molar refractivity (Wildman–Crippen MR) is 132 cm³/mol. The Morgan fingerprint density at radius 3 is 2.62 bits per heavy atom. The van der Waals surface area contributed by atoms with Crippen LogP contribution in [0.15, 0.2) is 53.6 Å². The Labute approximate surface area is 201 Å². The second-order valence-corrected chi connectivity index (χ2v) is 8.37. The number of allylic oxidation sites excluding steroid dienone is 3. The van der Waals surface area contributed by atoms with Crippen LogP contribution in [-0.4, -0.2) is 49.6 Å². The summed E-state index contributed by atoms with van der Waals surface area (Å²) in [4.78, 5) is 24.1. The Morgan fingerprint density at radius 2 is 1.94 bits per heavy atom. The van der Waals surface area contributed by atoms with Crippen molar-refractivity contribution in [3.8, 4) is 5.75 Å². The first kappa shape index (κ1) is 27.1. The van der Waals surface area contributed by atoms with Gasteiger partial charge in [-0.05, 0) is 75.3 Å². The Morgan fingerprint density at radius 1 is 1.18 bits per heavy atom. The van der Waals surface area contributed by atoms with Crippen LogP contribution in [0, 0.1) is 0 Å². The summed E-state index contributed by atoms with van der Waals surface area (Å²) in [6, 6.07) is 5.06. The van der Waals surface area contributed by atoms with Crippen molar-refractivity contribution in [2.45, 2.75) is 64.3 Å². The molecule has 0 radical (unpaired) electrons. The molecule has 1 aliphatic rings. The van der Waals surface area contributed by atoms with Crippen LogP contribution in [0.4, 0.5) is 10.5 Å². The van der Waals surface area contributed by atoms with Gasteiger partial charge < -0.3 is 30.4 Å². The third-order valence-electron chi connectivity index (χ3n) is 5.87. The number of benzene rings is 1. The zero-order valence-corrected chi connectivity index (χ0v) is 20.4. The number of fused-ring (bicyclic) bond motifs is 2. The second kappa shape index (κ2) is 13.6. The SMILES string of the molecule is COC1CC/C=C(\C)C(OC(N)=O)C(OC)/C=C\C=C(/C)C(=O)Nc2ccc(O)c(c2)CCC1. The lowest BCUT2D eigenvalue weighted by atomic mass is 10.00. The quantitative estimate of drug-likeness (QED) is 0.443. The maximum Gasteiger partial charge on any atom is 0.405 e. The van der Waals surface area contributed by atoms with Crippen LogP contribution >= 0.6 is 0 Å². The molecule has 3 unspecified atom stereocenters. The van der Waals surface area contributed by atoms with E-state index in [4.69, 9.17) is 19.9 Å². The standard InChI is InChI=1S/C26H36N2O6/c1-17-8-5-11-21(32-3)12-7-10-19-16-20(14-15-22(19)29)28-25(30)18(2)9-6-13-23(33-4)24(17)34-26(27)31/h6,8-9,13-16,21,23-24,29H,5,7,10-12H2,1-4H3,(H2,27,31)(H,28,30)/b13-6-,17-8+,18-9+. The number of carbonyl (C=O) groups is 2. The number of ether oxygens (including phenoxy) is 3. The molecule has 0 fully saturated rings. The van der Waals surface area contributed by atoms with Crippen LogP contribution in [0.1, 0.15) is 45.1 Å². The monoisotopic (exact) mass is 472 g/mol. The molecule has 1 aromatic rings. The molecule has 1 heterocycles. The van der Waals surface area contributed by atoms with E-state index in [1.807, 2.05) is 13.0 Å². The number of aromatic hydroxyl groups is 1. The van der Waals surface area contributed by atoms with E-state index >= 15 is 0 Å². The Kier molecular flexibility index (Phi) is 10.8. The fraction of sp³-hybridized carbons (Fsp3) is 0.462. The molecule has 186 valence electrons. The maximum atomic E-state index is 12.6. The number of hydrogen-bond acceptors (Lipinski definition) is 6. The Balaban J connectivity index is 2.36. The van der Waals surface area contributed by atoms with Crippen molar-refractivity contribution in [3.63, 3.8) is 0 Å². The minimum Gasteiger partial charge on any atom is -0.508 e. The van der Waals surface area contributed by atoms with Gasteiger partial charge in [0.1, 0.15) is 11.9 Å².